The fraction of sp³-hybridized carbons (Fsp3) is 0.353. The first-order valence-corrected chi connectivity index (χ1v) is 7.24. The Hall–Kier alpha value is -1.87. The number of rotatable bonds is 4. The van der Waals surface area contributed by atoms with Gasteiger partial charge in [0.05, 0.1) is 0 Å². The van der Waals surface area contributed by atoms with Crippen molar-refractivity contribution in [2.75, 3.05) is 11.9 Å². The van der Waals surface area contributed by atoms with Gasteiger partial charge in [-0.15, -0.1) is 0 Å². The van der Waals surface area contributed by atoms with Crippen molar-refractivity contribution in [2.24, 2.45) is 5.73 Å². The van der Waals surface area contributed by atoms with E-state index in [1.54, 1.807) is 0 Å². The molecule has 0 aliphatic heterocycles. The number of pyridine rings is 1. The van der Waals surface area contributed by atoms with E-state index in [0.29, 0.717) is 6.54 Å². The summed E-state index contributed by atoms with van der Waals surface area (Å²) >= 11 is 0. The summed E-state index contributed by atoms with van der Waals surface area (Å²) in [6.07, 6.45) is 3.56. The fourth-order valence-electron chi connectivity index (χ4n) is 2.76. The molecule has 0 atom stereocenters. The number of benzene rings is 1. The summed E-state index contributed by atoms with van der Waals surface area (Å²) in [5.41, 5.74) is 10.8. The van der Waals surface area contributed by atoms with E-state index in [2.05, 4.69) is 48.3 Å². The molecule has 3 rings (SSSR count). The van der Waals surface area contributed by atoms with Crippen LogP contribution in [0.5, 0.6) is 0 Å². The number of nitrogens with zero attached hydrogens (tertiary/aromatic N) is 2. The topological polar surface area (TPSA) is 42.1 Å². The molecule has 2 N–H and O–H groups in total. The first kappa shape index (κ1) is 13.1. The normalized spacial score (nSPS) is 13.3. The van der Waals surface area contributed by atoms with Gasteiger partial charge in [0.25, 0.3) is 0 Å². The van der Waals surface area contributed by atoms with Crippen molar-refractivity contribution in [2.45, 2.75) is 32.4 Å². The lowest BCUT2D eigenvalue weighted by Gasteiger charge is -2.19. The summed E-state index contributed by atoms with van der Waals surface area (Å²) < 4.78 is 0. The van der Waals surface area contributed by atoms with Crippen LogP contribution in [0.1, 0.15) is 28.8 Å². The third-order valence-corrected chi connectivity index (χ3v) is 3.98. The number of hydrogen-bond acceptors (Lipinski definition) is 3. The Balaban J connectivity index is 1.73. The molecule has 0 radical (unpaired) electrons. The van der Waals surface area contributed by atoms with E-state index >= 15 is 0 Å². The van der Waals surface area contributed by atoms with Gasteiger partial charge in [0, 0.05) is 25.8 Å². The molecule has 104 valence electrons. The zero-order valence-electron chi connectivity index (χ0n) is 12.0. The number of nitrogens with two attached hydrogens (primary N) is 1. The molecule has 0 saturated heterocycles. The molecule has 1 aliphatic rings. The monoisotopic (exact) mass is 267 g/mol. The number of fused-ring (bicyclic) bond motifs is 1. The molecule has 1 aliphatic carbocycles. The molecular formula is C17H21N3. The van der Waals surface area contributed by atoms with Crippen LogP contribution < -0.4 is 10.6 Å². The molecule has 0 saturated carbocycles. The SMILES string of the molecule is CN(Cc1ccc(CN)cc1)c1ccc2c(n1)CCC2. The molecule has 0 spiro atoms. The van der Waals surface area contributed by atoms with Gasteiger partial charge in [0.1, 0.15) is 5.82 Å². The van der Waals surface area contributed by atoms with Crippen LogP contribution in [0.25, 0.3) is 0 Å². The quantitative estimate of drug-likeness (QED) is 0.926. The van der Waals surface area contributed by atoms with E-state index < -0.39 is 0 Å². The average molecular weight is 267 g/mol. The van der Waals surface area contributed by atoms with Gasteiger partial charge in [-0.05, 0) is 42.0 Å². The zero-order chi connectivity index (χ0) is 13.9. The van der Waals surface area contributed by atoms with Crippen molar-refractivity contribution in [3.8, 4) is 0 Å². The maximum absolute atomic E-state index is 5.62. The van der Waals surface area contributed by atoms with Crippen molar-refractivity contribution < 1.29 is 0 Å². The van der Waals surface area contributed by atoms with Crippen molar-refractivity contribution in [3.63, 3.8) is 0 Å². The highest BCUT2D eigenvalue weighted by Crippen LogP contribution is 2.23. The molecule has 1 heterocycles. The second kappa shape index (κ2) is 5.63. The van der Waals surface area contributed by atoms with Gasteiger partial charge < -0.3 is 10.6 Å². The maximum atomic E-state index is 5.62. The summed E-state index contributed by atoms with van der Waals surface area (Å²) in [4.78, 5) is 6.99. The van der Waals surface area contributed by atoms with Crippen LogP contribution in [0, 0.1) is 0 Å². The van der Waals surface area contributed by atoms with Crippen molar-refractivity contribution in [1.82, 2.24) is 4.98 Å². The van der Waals surface area contributed by atoms with Gasteiger partial charge in [-0.1, -0.05) is 30.3 Å². The lowest BCUT2D eigenvalue weighted by atomic mass is 10.1. The maximum Gasteiger partial charge on any atom is 0.128 e. The Morgan fingerprint density at radius 1 is 1.05 bits per heavy atom. The molecule has 2 aromatic rings. The second-order valence-corrected chi connectivity index (χ2v) is 5.51. The number of anilines is 1. The third kappa shape index (κ3) is 2.68. The standard InChI is InChI=1S/C17H21N3/c1-20(12-14-7-5-13(11-18)6-8-14)17-10-9-15-3-2-4-16(15)19-17/h5-10H,2-4,11-12,18H2,1H3. The first-order chi connectivity index (χ1) is 9.76. The van der Waals surface area contributed by atoms with Crippen LogP contribution >= 0.6 is 0 Å². The molecule has 0 unspecified atom stereocenters. The van der Waals surface area contributed by atoms with E-state index in [1.807, 2.05) is 0 Å². The highest BCUT2D eigenvalue weighted by atomic mass is 15.2. The first-order valence-electron chi connectivity index (χ1n) is 7.24. The summed E-state index contributed by atoms with van der Waals surface area (Å²) in [5.74, 6) is 1.06. The van der Waals surface area contributed by atoms with Gasteiger partial charge in [0.15, 0.2) is 0 Å². The van der Waals surface area contributed by atoms with Gasteiger partial charge in [-0.3, -0.25) is 0 Å². The van der Waals surface area contributed by atoms with Gasteiger partial charge in [0.2, 0.25) is 0 Å². The highest BCUT2D eigenvalue weighted by molar-refractivity contribution is 5.43. The Bertz CT molecular complexity index is 590. The Morgan fingerprint density at radius 2 is 1.80 bits per heavy atom. The van der Waals surface area contributed by atoms with Crippen molar-refractivity contribution in [3.05, 3.63) is 58.8 Å². The van der Waals surface area contributed by atoms with E-state index in [0.717, 1.165) is 18.8 Å². The van der Waals surface area contributed by atoms with Gasteiger partial charge >= 0.3 is 0 Å². The fourth-order valence-corrected chi connectivity index (χ4v) is 2.76. The van der Waals surface area contributed by atoms with Crippen LogP contribution in [0.2, 0.25) is 0 Å². The molecule has 1 aromatic heterocycles. The molecule has 1 aromatic carbocycles. The smallest absolute Gasteiger partial charge is 0.128 e. The number of aromatic nitrogens is 1. The lowest BCUT2D eigenvalue weighted by molar-refractivity contribution is 0.873. The summed E-state index contributed by atoms with van der Waals surface area (Å²) in [6, 6.07) is 12.9. The minimum Gasteiger partial charge on any atom is -0.355 e. The number of aryl methyl sites for hydroxylation is 2. The third-order valence-electron chi connectivity index (χ3n) is 3.98. The molecule has 0 amide bonds. The minimum absolute atomic E-state index is 0.600. The highest BCUT2D eigenvalue weighted by Gasteiger charge is 2.13. The molecule has 20 heavy (non-hydrogen) atoms. The van der Waals surface area contributed by atoms with E-state index in [4.69, 9.17) is 10.7 Å². The van der Waals surface area contributed by atoms with Crippen LogP contribution in [0.15, 0.2) is 36.4 Å². The molecule has 0 bridgehead atoms. The zero-order valence-corrected chi connectivity index (χ0v) is 12.0. The van der Waals surface area contributed by atoms with Crippen LogP contribution in [-0.2, 0) is 25.9 Å². The van der Waals surface area contributed by atoms with E-state index in [1.165, 1.54) is 35.2 Å². The van der Waals surface area contributed by atoms with Crippen LogP contribution in [0.3, 0.4) is 0 Å². The van der Waals surface area contributed by atoms with Crippen LogP contribution in [0.4, 0.5) is 5.82 Å². The summed E-state index contributed by atoms with van der Waals surface area (Å²) in [6.45, 7) is 1.47. The Labute approximate surface area is 120 Å². The molecule has 0 fully saturated rings. The van der Waals surface area contributed by atoms with Gasteiger partial charge in [-0.2, -0.15) is 0 Å². The average Bonchev–Trinajstić information content (AvgIpc) is 2.95. The van der Waals surface area contributed by atoms with Crippen molar-refractivity contribution in [1.29, 1.82) is 0 Å². The summed E-state index contributed by atoms with van der Waals surface area (Å²) in [5, 5.41) is 0. The molecule has 3 heteroatoms. The Kier molecular flexibility index (Phi) is 3.70. The Morgan fingerprint density at radius 3 is 2.55 bits per heavy atom. The number of hydrogen-bond donors (Lipinski definition) is 1. The minimum atomic E-state index is 0.600. The molecule has 3 nitrogen and oxygen atoms in total. The van der Waals surface area contributed by atoms with Crippen LogP contribution in [-0.4, -0.2) is 12.0 Å². The predicted octanol–water partition coefficient (Wildman–Crippen LogP) is 2.67. The summed E-state index contributed by atoms with van der Waals surface area (Å²) in [7, 11) is 2.10. The largest absolute Gasteiger partial charge is 0.355 e. The van der Waals surface area contributed by atoms with E-state index in [-0.39, 0.29) is 0 Å². The van der Waals surface area contributed by atoms with Crippen molar-refractivity contribution >= 4 is 5.82 Å². The molecular weight excluding hydrogens is 246 g/mol. The lowest BCUT2D eigenvalue weighted by Crippen LogP contribution is -2.18. The van der Waals surface area contributed by atoms with E-state index in [9.17, 15) is 0 Å². The predicted molar refractivity (Wildman–Crippen MR) is 82.7 cm³/mol. The van der Waals surface area contributed by atoms with Gasteiger partial charge in [-0.25, -0.2) is 4.98 Å². The second-order valence-electron chi connectivity index (χ2n) is 5.51.